The van der Waals surface area contributed by atoms with Gasteiger partial charge in [-0.3, -0.25) is 4.79 Å². The molecule has 0 saturated heterocycles. The lowest BCUT2D eigenvalue weighted by atomic mass is 9.88. The molecule has 1 unspecified atom stereocenters. The standard InChI is InChI=1S/C42H75NO/c1-5-7-9-11-13-15-17-19-21-23-25-27-29-31-33-37-41(42(44)39-35-36-40-43(3)4)38-34-32-30-28-26-24-22-20-18-16-14-12-10-8-6-2/h5,7,11-14,17-20,41H,6,8-10,15-16,21-40H2,1-4H3/b7-5-,13-11-,14-12-,19-17-,20-18-. The summed E-state index contributed by atoms with van der Waals surface area (Å²) in [6.07, 6.45) is 53.1. The number of hydrogen-bond donors (Lipinski definition) is 0. The molecule has 0 aliphatic carbocycles. The van der Waals surface area contributed by atoms with E-state index in [2.05, 4.69) is 93.6 Å². The van der Waals surface area contributed by atoms with Crippen molar-refractivity contribution in [1.82, 2.24) is 4.90 Å². The third-order valence-corrected chi connectivity index (χ3v) is 8.52. The predicted molar refractivity (Wildman–Crippen MR) is 200 cm³/mol. The first-order valence-corrected chi connectivity index (χ1v) is 19.0. The Kier molecular flexibility index (Phi) is 34.4. The van der Waals surface area contributed by atoms with Gasteiger partial charge in [0.2, 0.25) is 0 Å². The summed E-state index contributed by atoms with van der Waals surface area (Å²) >= 11 is 0. The van der Waals surface area contributed by atoms with E-state index in [-0.39, 0.29) is 0 Å². The minimum Gasteiger partial charge on any atom is -0.309 e. The lowest BCUT2D eigenvalue weighted by Gasteiger charge is -2.16. The fourth-order valence-corrected chi connectivity index (χ4v) is 5.65. The van der Waals surface area contributed by atoms with Crippen molar-refractivity contribution in [3.05, 3.63) is 60.8 Å². The molecule has 44 heavy (non-hydrogen) atoms. The second kappa shape index (κ2) is 35.8. The van der Waals surface area contributed by atoms with Crippen LogP contribution in [0, 0.1) is 5.92 Å². The van der Waals surface area contributed by atoms with E-state index in [1.54, 1.807) is 0 Å². The van der Waals surface area contributed by atoms with Crippen LogP contribution in [0.2, 0.25) is 0 Å². The molecule has 0 spiro atoms. The molecule has 0 aliphatic rings. The van der Waals surface area contributed by atoms with Crippen LogP contribution in [0.4, 0.5) is 0 Å². The first-order chi connectivity index (χ1) is 21.6. The summed E-state index contributed by atoms with van der Waals surface area (Å²) in [6, 6.07) is 0. The van der Waals surface area contributed by atoms with Crippen molar-refractivity contribution in [2.24, 2.45) is 5.92 Å². The van der Waals surface area contributed by atoms with Crippen molar-refractivity contribution in [3.8, 4) is 0 Å². The Bertz CT molecular complexity index is 741. The summed E-state index contributed by atoms with van der Waals surface area (Å²) in [7, 11) is 4.25. The number of unbranched alkanes of at least 4 members (excludes halogenated alkanes) is 15. The first kappa shape index (κ1) is 42.3. The van der Waals surface area contributed by atoms with E-state index < -0.39 is 0 Å². The lowest BCUT2D eigenvalue weighted by Crippen LogP contribution is -2.16. The normalized spacial score (nSPS) is 13.3. The van der Waals surface area contributed by atoms with Crippen molar-refractivity contribution in [1.29, 1.82) is 0 Å². The molecule has 2 nitrogen and oxygen atoms in total. The second-order valence-electron chi connectivity index (χ2n) is 13.1. The summed E-state index contributed by atoms with van der Waals surface area (Å²) < 4.78 is 0. The number of nitrogens with zero attached hydrogens (tertiary/aromatic N) is 1. The number of rotatable bonds is 33. The Hall–Kier alpha value is -1.67. The van der Waals surface area contributed by atoms with Gasteiger partial charge in [-0.15, -0.1) is 0 Å². The van der Waals surface area contributed by atoms with Gasteiger partial charge in [0, 0.05) is 12.3 Å². The molecule has 0 saturated carbocycles. The number of allylic oxidation sites excluding steroid dienone is 10. The largest absolute Gasteiger partial charge is 0.309 e. The van der Waals surface area contributed by atoms with Crippen LogP contribution in [0.1, 0.15) is 174 Å². The molecule has 0 aromatic rings. The molecule has 0 bridgehead atoms. The number of carbonyl (C=O) groups is 1. The van der Waals surface area contributed by atoms with Gasteiger partial charge in [-0.1, -0.05) is 145 Å². The highest BCUT2D eigenvalue weighted by molar-refractivity contribution is 5.80. The van der Waals surface area contributed by atoms with Gasteiger partial charge in [0.1, 0.15) is 5.78 Å². The fraction of sp³-hybridized carbons (Fsp3) is 0.738. The van der Waals surface area contributed by atoms with Crippen LogP contribution in [-0.4, -0.2) is 31.3 Å². The quantitative estimate of drug-likeness (QED) is 0.0545. The van der Waals surface area contributed by atoms with Crippen molar-refractivity contribution in [3.63, 3.8) is 0 Å². The van der Waals surface area contributed by atoms with E-state index in [0.717, 1.165) is 57.9 Å². The average molecular weight is 610 g/mol. The van der Waals surface area contributed by atoms with Gasteiger partial charge in [-0.05, 0) is 105 Å². The molecule has 254 valence electrons. The van der Waals surface area contributed by atoms with Crippen LogP contribution in [0.25, 0.3) is 0 Å². The Morgan fingerprint density at radius 2 is 0.955 bits per heavy atom. The van der Waals surface area contributed by atoms with Crippen LogP contribution in [-0.2, 0) is 4.79 Å². The van der Waals surface area contributed by atoms with Gasteiger partial charge in [-0.25, -0.2) is 0 Å². The van der Waals surface area contributed by atoms with Crippen LogP contribution in [0.3, 0.4) is 0 Å². The maximum atomic E-state index is 13.1. The van der Waals surface area contributed by atoms with Crippen molar-refractivity contribution in [2.75, 3.05) is 20.6 Å². The van der Waals surface area contributed by atoms with Crippen molar-refractivity contribution < 1.29 is 4.79 Å². The average Bonchev–Trinajstić information content (AvgIpc) is 3.01. The van der Waals surface area contributed by atoms with Gasteiger partial charge in [-0.2, -0.15) is 0 Å². The molecule has 1 atom stereocenters. The van der Waals surface area contributed by atoms with E-state index >= 15 is 0 Å². The fourth-order valence-electron chi connectivity index (χ4n) is 5.65. The number of ketones is 1. The Morgan fingerprint density at radius 1 is 0.523 bits per heavy atom. The third-order valence-electron chi connectivity index (χ3n) is 8.52. The molecule has 2 heteroatoms. The zero-order valence-corrected chi connectivity index (χ0v) is 30.1. The Morgan fingerprint density at radius 3 is 1.43 bits per heavy atom. The highest BCUT2D eigenvalue weighted by atomic mass is 16.1. The first-order valence-electron chi connectivity index (χ1n) is 19.0. The molecule has 0 amide bonds. The third kappa shape index (κ3) is 33.2. The van der Waals surface area contributed by atoms with E-state index in [1.165, 1.54) is 109 Å². The summed E-state index contributed by atoms with van der Waals surface area (Å²) in [5.41, 5.74) is 0. The van der Waals surface area contributed by atoms with Crippen LogP contribution >= 0.6 is 0 Å². The topological polar surface area (TPSA) is 20.3 Å². The Labute approximate surface area is 276 Å². The molecule has 0 aliphatic heterocycles. The van der Waals surface area contributed by atoms with E-state index in [4.69, 9.17) is 0 Å². The summed E-state index contributed by atoms with van der Waals surface area (Å²) in [5.74, 6) is 0.868. The molecule has 0 rings (SSSR count). The SMILES string of the molecule is C/C=C\C/C=C\C/C=C\CCCCCCCCC(CCCCCCCC/C=C\C/C=C\CCCC)C(=O)CCCCN(C)C. The molecule has 0 aromatic carbocycles. The summed E-state index contributed by atoms with van der Waals surface area (Å²) in [6.45, 7) is 5.41. The van der Waals surface area contributed by atoms with Crippen LogP contribution in [0.5, 0.6) is 0 Å². The maximum absolute atomic E-state index is 13.1. The summed E-state index contributed by atoms with van der Waals surface area (Å²) in [5, 5.41) is 0. The van der Waals surface area contributed by atoms with Gasteiger partial charge >= 0.3 is 0 Å². The molecular formula is C42H75NO. The zero-order chi connectivity index (χ0) is 32.2. The minimum atomic E-state index is 0.313. The maximum Gasteiger partial charge on any atom is 0.135 e. The second-order valence-corrected chi connectivity index (χ2v) is 13.1. The number of hydrogen-bond acceptors (Lipinski definition) is 2. The van der Waals surface area contributed by atoms with Gasteiger partial charge in [0.05, 0.1) is 0 Å². The van der Waals surface area contributed by atoms with E-state index in [9.17, 15) is 4.79 Å². The smallest absolute Gasteiger partial charge is 0.135 e. The van der Waals surface area contributed by atoms with Crippen LogP contribution < -0.4 is 0 Å². The van der Waals surface area contributed by atoms with Gasteiger partial charge in [0.25, 0.3) is 0 Å². The van der Waals surface area contributed by atoms with Gasteiger partial charge < -0.3 is 4.90 Å². The van der Waals surface area contributed by atoms with Crippen molar-refractivity contribution in [2.45, 2.75) is 174 Å². The monoisotopic (exact) mass is 610 g/mol. The molecule has 0 heterocycles. The lowest BCUT2D eigenvalue weighted by molar-refractivity contribution is -0.123. The molecule has 0 fully saturated rings. The predicted octanol–water partition coefficient (Wildman–Crippen LogP) is 13.3. The molecule has 0 N–H and O–H groups in total. The molecule has 0 aromatic heterocycles. The van der Waals surface area contributed by atoms with E-state index in [0.29, 0.717) is 11.7 Å². The van der Waals surface area contributed by atoms with Crippen LogP contribution in [0.15, 0.2) is 60.8 Å². The molecule has 0 radical (unpaired) electrons. The Balaban J connectivity index is 4.05. The minimum absolute atomic E-state index is 0.313. The van der Waals surface area contributed by atoms with Crippen molar-refractivity contribution >= 4 is 5.78 Å². The van der Waals surface area contributed by atoms with E-state index in [1.807, 2.05) is 0 Å². The highest BCUT2D eigenvalue weighted by Gasteiger charge is 2.17. The van der Waals surface area contributed by atoms with Gasteiger partial charge in [0.15, 0.2) is 0 Å². The summed E-state index contributed by atoms with van der Waals surface area (Å²) in [4.78, 5) is 15.3. The number of carbonyl (C=O) groups excluding carboxylic acids is 1. The highest BCUT2D eigenvalue weighted by Crippen LogP contribution is 2.22. The molecular weight excluding hydrogens is 534 g/mol. The zero-order valence-electron chi connectivity index (χ0n) is 30.1. The number of Topliss-reactive ketones (excluding diaryl/α,β-unsaturated/α-hetero) is 1.